The van der Waals surface area contributed by atoms with E-state index in [1.165, 1.54) is 4.31 Å². The van der Waals surface area contributed by atoms with Crippen LogP contribution in [0.3, 0.4) is 0 Å². The third-order valence-corrected chi connectivity index (χ3v) is 7.09. The average Bonchev–Trinajstić information content (AvgIpc) is 2.68. The molecule has 0 aliphatic carbocycles. The standard InChI is InChI=1S/C21H25ClN2O3S/c1-2-17-8-3-4-11-20(17)23-21(25)18-9-6-12-24(14-18)28(26,27)15-16-7-5-10-19(22)13-16/h3-5,7-8,10-11,13,18H,2,6,9,12,14-15H2,1H3,(H,23,25). The molecule has 0 saturated carbocycles. The summed E-state index contributed by atoms with van der Waals surface area (Å²) in [5.74, 6) is -0.586. The number of amides is 1. The Labute approximate surface area is 171 Å². The lowest BCUT2D eigenvalue weighted by molar-refractivity contribution is -0.120. The molecule has 1 atom stereocenters. The fourth-order valence-corrected chi connectivity index (χ4v) is 5.33. The lowest BCUT2D eigenvalue weighted by atomic mass is 9.98. The number of hydrogen-bond acceptors (Lipinski definition) is 3. The molecule has 2 aromatic carbocycles. The third kappa shape index (κ3) is 5.13. The molecule has 0 spiro atoms. The minimum absolute atomic E-state index is 0.111. The SMILES string of the molecule is CCc1ccccc1NC(=O)C1CCCN(S(=O)(=O)Cc2cccc(Cl)c2)C1. The quantitative estimate of drug-likeness (QED) is 0.765. The van der Waals surface area contributed by atoms with Crippen LogP contribution >= 0.6 is 11.6 Å². The van der Waals surface area contributed by atoms with Crippen molar-refractivity contribution in [1.29, 1.82) is 0 Å². The van der Waals surface area contributed by atoms with Crippen molar-refractivity contribution in [2.24, 2.45) is 5.92 Å². The van der Waals surface area contributed by atoms with Crippen LogP contribution in [0.25, 0.3) is 0 Å². The highest BCUT2D eigenvalue weighted by Gasteiger charge is 2.32. The monoisotopic (exact) mass is 420 g/mol. The normalized spacial score (nSPS) is 18.0. The highest BCUT2D eigenvalue weighted by Crippen LogP contribution is 2.24. The largest absolute Gasteiger partial charge is 0.326 e. The maximum Gasteiger partial charge on any atom is 0.228 e. The zero-order valence-corrected chi connectivity index (χ0v) is 17.5. The van der Waals surface area contributed by atoms with Gasteiger partial charge < -0.3 is 5.32 Å². The number of piperidine rings is 1. The highest BCUT2D eigenvalue weighted by molar-refractivity contribution is 7.88. The van der Waals surface area contributed by atoms with Crippen LogP contribution in [0.5, 0.6) is 0 Å². The molecule has 1 heterocycles. The van der Waals surface area contributed by atoms with Crippen molar-refractivity contribution < 1.29 is 13.2 Å². The fourth-order valence-electron chi connectivity index (χ4n) is 3.52. The van der Waals surface area contributed by atoms with Gasteiger partial charge in [0.1, 0.15) is 0 Å². The van der Waals surface area contributed by atoms with Crippen LogP contribution in [-0.4, -0.2) is 31.7 Å². The molecule has 1 amide bonds. The van der Waals surface area contributed by atoms with E-state index < -0.39 is 10.0 Å². The summed E-state index contributed by atoms with van der Waals surface area (Å²) in [6, 6.07) is 14.6. The van der Waals surface area contributed by atoms with E-state index >= 15 is 0 Å². The van der Waals surface area contributed by atoms with Crippen LogP contribution in [0.4, 0.5) is 5.69 Å². The van der Waals surface area contributed by atoms with E-state index in [1.54, 1.807) is 24.3 Å². The van der Waals surface area contributed by atoms with Gasteiger partial charge in [-0.3, -0.25) is 4.79 Å². The number of hydrogen-bond donors (Lipinski definition) is 1. The van der Waals surface area contributed by atoms with Crippen LogP contribution in [-0.2, 0) is 27.0 Å². The summed E-state index contributed by atoms with van der Waals surface area (Å²) in [7, 11) is -3.51. The van der Waals surface area contributed by atoms with Crippen LogP contribution in [0, 0.1) is 5.92 Å². The Morgan fingerprint density at radius 1 is 1.21 bits per heavy atom. The zero-order chi connectivity index (χ0) is 20.1. The Balaban J connectivity index is 1.68. The summed E-state index contributed by atoms with van der Waals surface area (Å²) in [5, 5.41) is 3.49. The molecule has 1 aliphatic heterocycles. The van der Waals surface area contributed by atoms with E-state index in [0.717, 1.165) is 17.7 Å². The number of anilines is 1. The van der Waals surface area contributed by atoms with E-state index in [-0.39, 0.29) is 24.1 Å². The Hall–Kier alpha value is -1.89. The van der Waals surface area contributed by atoms with Gasteiger partial charge in [-0.1, -0.05) is 48.9 Å². The molecule has 1 N–H and O–H groups in total. The Morgan fingerprint density at radius 2 is 2.00 bits per heavy atom. The van der Waals surface area contributed by atoms with Gasteiger partial charge in [-0.25, -0.2) is 12.7 Å². The molecule has 2 aromatic rings. The number of para-hydroxylation sites is 1. The first kappa shape index (κ1) is 20.8. The predicted octanol–water partition coefficient (Wildman–Crippen LogP) is 4.08. The highest BCUT2D eigenvalue weighted by atomic mass is 35.5. The van der Waals surface area contributed by atoms with E-state index in [9.17, 15) is 13.2 Å². The molecule has 1 aliphatic rings. The fraction of sp³-hybridized carbons (Fsp3) is 0.381. The number of nitrogens with zero attached hydrogens (tertiary/aromatic N) is 1. The van der Waals surface area contributed by atoms with Crippen molar-refractivity contribution >= 4 is 33.2 Å². The van der Waals surface area contributed by atoms with Crippen molar-refractivity contribution in [2.45, 2.75) is 31.9 Å². The molecule has 5 nitrogen and oxygen atoms in total. The molecule has 150 valence electrons. The second kappa shape index (κ2) is 9.07. The van der Waals surface area contributed by atoms with Gasteiger partial charge in [-0.05, 0) is 48.6 Å². The van der Waals surface area contributed by atoms with E-state index in [2.05, 4.69) is 5.32 Å². The molecule has 28 heavy (non-hydrogen) atoms. The van der Waals surface area contributed by atoms with Crippen molar-refractivity contribution in [2.75, 3.05) is 18.4 Å². The van der Waals surface area contributed by atoms with Crippen molar-refractivity contribution in [3.63, 3.8) is 0 Å². The van der Waals surface area contributed by atoms with Crippen LogP contribution < -0.4 is 5.32 Å². The lowest BCUT2D eigenvalue weighted by Crippen LogP contribution is -2.44. The second-order valence-corrected chi connectivity index (χ2v) is 9.49. The average molecular weight is 421 g/mol. The van der Waals surface area contributed by atoms with Gasteiger partial charge in [0.05, 0.1) is 11.7 Å². The maximum absolute atomic E-state index is 12.8. The molecule has 1 fully saturated rings. The Kier molecular flexibility index (Phi) is 6.75. The minimum Gasteiger partial charge on any atom is -0.326 e. The smallest absolute Gasteiger partial charge is 0.228 e. The number of halogens is 1. The summed E-state index contributed by atoms with van der Waals surface area (Å²) < 4.78 is 27.1. The van der Waals surface area contributed by atoms with E-state index in [1.807, 2.05) is 31.2 Å². The summed E-state index contributed by atoms with van der Waals surface area (Å²) in [6.45, 7) is 2.69. The lowest BCUT2D eigenvalue weighted by Gasteiger charge is -2.31. The van der Waals surface area contributed by atoms with Gasteiger partial charge in [0.15, 0.2) is 0 Å². The summed E-state index contributed by atoms with van der Waals surface area (Å²) in [6.07, 6.45) is 2.17. The number of carbonyl (C=O) groups excluding carboxylic acids is 1. The van der Waals surface area contributed by atoms with Crippen molar-refractivity contribution in [3.05, 3.63) is 64.7 Å². The maximum atomic E-state index is 12.8. The van der Waals surface area contributed by atoms with Crippen LogP contribution in [0.2, 0.25) is 5.02 Å². The van der Waals surface area contributed by atoms with Gasteiger partial charge in [0.2, 0.25) is 15.9 Å². The first-order valence-electron chi connectivity index (χ1n) is 9.50. The molecule has 1 saturated heterocycles. The molecular weight excluding hydrogens is 396 g/mol. The van der Waals surface area contributed by atoms with Crippen molar-refractivity contribution in [3.8, 4) is 0 Å². The van der Waals surface area contributed by atoms with E-state index in [4.69, 9.17) is 11.6 Å². The van der Waals surface area contributed by atoms with Crippen molar-refractivity contribution in [1.82, 2.24) is 4.31 Å². The number of rotatable bonds is 6. The molecule has 0 bridgehead atoms. The topological polar surface area (TPSA) is 66.5 Å². The second-order valence-electron chi connectivity index (χ2n) is 7.08. The summed E-state index contributed by atoms with van der Waals surface area (Å²) >= 11 is 5.96. The van der Waals surface area contributed by atoms with E-state index in [0.29, 0.717) is 30.0 Å². The summed E-state index contributed by atoms with van der Waals surface area (Å²) in [5.41, 5.74) is 2.52. The first-order valence-corrected chi connectivity index (χ1v) is 11.5. The Bertz CT molecular complexity index is 946. The van der Waals surface area contributed by atoms with Gasteiger partial charge in [0.25, 0.3) is 0 Å². The molecule has 0 aromatic heterocycles. The minimum atomic E-state index is -3.51. The Morgan fingerprint density at radius 3 is 2.75 bits per heavy atom. The van der Waals surface area contributed by atoms with Gasteiger partial charge in [-0.15, -0.1) is 0 Å². The van der Waals surface area contributed by atoms with Crippen LogP contribution in [0.15, 0.2) is 48.5 Å². The van der Waals surface area contributed by atoms with Gasteiger partial charge >= 0.3 is 0 Å². The summed E-state index contributed by atoms with van der Waals surface area (Å²) in [4.78, 5) is 12.8. The number of carbonyl (C=O) groups is 1. The molecule has 7 heteroatoms. The molecule has 0 radical (unpaired) electrons. The van der Waals surface area contributed by atoms with Crippen LogP contribution in [0.1, 0.15) is 30.9 Å². The van der Waals surface area contributed by atoms with Gasteiger partial charge in [-0.2, -0.15) is 0 Å². The number of benzene rings is 2. The third-order valence-electron chi connectivity index (χ3n) is 5.04. The zero-order valence-electron chi connectivity index (χ0n) is 15.9. The molecule has 3 rings (SSSR count). The number of nitrogens with one attached hydrogen (secondary N) is 1. The molecule has 1 unspecified atom stereocenters. The molecular formula is C21H25ClN2O3S. The first-order chi connectivity index (χ1) is 13.4. The predicted molar refractivity (Wildman–Crippen MR) is 113 cm³/mol. The number of aryl methyl sites for hydroxylation is 1. The van der Waals surface area contributed by atoms with Gasteiger partial charge in [0, 0.05) is 23.8 Å². The number of sulfonamides is 1.